The molecule has 0 saturated carbocycles. The van der Waals surface area contributed by atoms with Crippen LogP contribution in [0.3, 0.4) is 0 Å². The number of amides is 1. The molecule has 0 unspecified atom stereocenters. The highest BCUT2D eigenvalue weighted by Gasteiger charge is 2.46. The third-order valence-corrected chi connectivity index (χ3v) is 8.79. The molecule has 3 fully saturated rings. The van der Waals surface area contributed by atoms with Gasteiger partial charge in [-0.3, -0.25) is 14.6 Å². The second-order valence-corrected chi connectivity index (χ2v) is 11.2. The third kappa shape index (κ3) is 4.99. The molecule has 4 heterocycles. The maximum absolute atomic E-state index is 13.2. The predicted octanol–water partition coefficient (Wildman–Crippen LogP) is 4.34. The lowest BCUT2D eigenvalue weighted by atomic mass is 9.68. The summed E-state index contributed by atoms with van der Waals surface area (Å²) in [4.78, 5) is 17.9. The number of nitrogens with zero attached hydrogens (tertiary/aromatic N) is 2. The summed E-state index contributed by atoms with van der Waals surface area (Å²) in [5.74, 6) is 1.40. The Labute approximate surface area is 212 Å². The molecule has 1 aliphatic carbocycles. The molecule has 6 rings (SSSR count). The van der Waals surface area contributed by atoms with Gasteiger partial charge in [0.05, 0.1) is 6.42 Å². The van der Waals surface area contributed by atoms with E-state index in [1.807, 2.05) is 0 Å². The van der Waals surface area contributed by atoms with Crippen molar-refractivity contribution in [3.05, 3.63) is 35.4 Å². The van der Waals surface area contributed by atoms with Gasteiger partial charge < -0.3 is 14.8 Å². The van der Waals surface area contributed by atoms with Crippen LogP contribution in [0.4, 0.5) is 8.78 Å². The van der Waals surface area contributed by atoms with Crippen LogP contribution in [-0.2, 0) is 11.2 Å². The number of ether oxygens (including phenoxy) is 2. The van der Waals surface area contributed by atoms with Crippen molar-refractivity contribution in [1.82, 2.24) is 15.1 Å². The summed E-state index contributed by atoms with van der Waals surface area (Å²) in [6.45, 7) is 5.45. The van der Waals surface area contributed by atoms with Gasteiger partial charge in [0, 0.05) is 25.2 Å². The van der Waals surface area contributed by atoms with Crippen LogP contribution in [0.15, 0.2) is 29.8 Å². The lowest BCUT2D eigenvalue weighted by molar-refractivity contribution is -0.286. The third-order valence-electron chi connectivity index (χ3n) is 8.79. The second kappa shape index (κ2) is 9.93. The van der Waals surface area contributed by atoms with E-state index in [9.17, 15) is 13.6 Å². The van der Waals surface area contributed by atoms with Crippen LogP contribution >= 0.6 is 0 Å². The number of likely N-dealkylation sites (tertiary alicyclic amines) is 1. The minimum absolute atomic E-state index is 0.00247. The van der Waals surface area contributed by atoms with Gasteiger partial charge in [-0.1, -0.05) is 24.1 Å². The molecule has 196 valence electrons. The van der Waals surface area contributed by atoms with E-state index < -0.39 is 6.29 Å². The molecule has 0 aromatic heterocycles. The van der Waals surface area contributed by atoms with Crippen molar-refractivity contribution in [2.45, 2.75) is 76.2 Å². The van der Waals surface area contributed by atoms with Gasteiger partial charge >= 0.3 is 6.29 Å². The molecular formula is C28H37F2N3O3. The van der Waals surface area contributed by atoms with E-state index >= 15 is 0 Å². The fourth-order valence-corrected chi connectivity index (χ4v) is 7.35. The SMILES string of the molecule is O=C(Cc1ccc2c(c1)OC(F)(F)O2)NCCCCN1CCCC2=C[C@@H]3C[C@@H](CN4CCCC[C@H]34)[C@@H]21. The zero-order chi connectivity index (χ0) is 24.7. The van der Waals surface area contributed by atoms with E-state index in [1.54, 1.807) is 11.6 Å². The van der Waals surface area contributed by atoms with Gasteiger partial charge in [0.15, 0.2) is 11.5 Å². The van der Waals surface area contributed by atoms with E-state index in [0.29, 0.717) is 18.2 Å². The number of piperidine rings is 3. The first-order valence-electron chi connectivity index (χ1n) is 13.8. The number of rotatable bonds is 7. The topological polar surface area (TPSA) is 54.0 Å². The zero-order valence-electron chi connectivity index (χ0n) is 20.9. The van der Waals surface area contributed by atoms with Crippen LogP contribution < -0.4 is 14.8 Å². The molecule has 4 aliphatic heterocycles. The van der Waals surface area contributed by atoms with Gasteiger partial charge in [-0.25, -0.2) is 0 Å². The molecule has 0 spiro atoms. The van der Waals surface area contributed by atoms with Crippen LogP contribution in [0, 0.1) is 11.8 Å². The van der Waals surface area contributed by atoms with Gasteiger partial charge in [-0.15, -0.1) is 8.78 Å². The fourth-order valence-electron chi connectivity index (χ4n) is 7.35. The molecule has 1 amide bonds. The summed E-state index contributed by atoms with van der Waals surface area (Å²) < 4.78 is 35.3. The highest BCUT2D eigenvalue weighted by atomic mass is 19.3. The monoisotopic (exact) mass is 501 g/mol. The zero-order valence-corrected chi connectivity index (χ0v) is 20.9. The van der Waals surface area contributed by atoms with Gasteiger partial charge in [-0.05, 0) is 94.1 Å². The molecule has 6 nitrogen and oxygen atoms in total. The van der Waals surface area contributed by atoms with Gasteiger partial charge in [0.2, 0.25) is 5.91 Å². The van der Waals surface area contributed by atoms with Gasteiger partial charge in [-0.2, -0.15) is 0 Å². The number of fused-ring (bicyclic) bond motifs is 7. The van der Waals surface area contributed by atoms with Crippen LogP contribution in [0.1, 0.15) is 56.9 Å². The van der Waals surface area contributed by atoms with E-state index in [0.717, 1.165) is 37.3 Å². The van der Waals surface area contributed by atoms with Crippen molar-refractivity contribution in [2.75, 3.05) is 32.7 Å². The predicted molar refractivity (Wildman–Crippen MR) is 132 cm³/mol. The Hall–Kier alpha value is -2.19. The number of hydrogen-bond acceptors (Lipinski definition) is 5. The molecule has 4 atom stereocenters. The van der Waals surface area contributed by atoms with Crippen molar-refractivity contribution in [1.29, 1.82) is 0 Å². The number of benzene rings is 1. The molecule has 0 radical (unpaired) electrons. The summed E-state index contributed by atoms with van der Waals surface area (Å²) in [6, 6.07) is 5.90. The highest BCUT2D eigenvalue weighted by molar-refractivity contribution is 5.78. The van der Waals surface area contributed by atoms with Crippen LogP contribution in [-0.4, -0.2) is 66.8 Å². The standard InChI is InChI=1S/C28H37F2N3O3/c29-28(30)35-24-9-8-19(14-25(24)36-28)15-26(34)31-10-2-4-11-32-13-5-6-20-16-21-17-22(27(20)32)18-33-12-3-1-7-23(21)33/h8-9,14,16,21-23,27H,1-7,10-13,15,17-18H2,(H,31,34)/t21-,22+,23-,27-/m1/s1. The van der Waals surface area contributed by atoms with Gasteiger partial charge in [0.25, 0.3) is 0 Å². The van der Waals surface area contributed by atoms with Crippen molar-refractivity contribution < 1.29 is 23.0 Å². The quantitative estimate of drug-likeness (QED) is 0.445. The number of hydrogen-bond donors (Lipinski definition) is 1. The Bertz CT molecular complexity index is 1020. The minimum Gasteiger partial charge on any atom is -0.395 e. The molecule has 1 aromatic carbocycles. The average molecular weight is 502 g/mol. The number of unbranched alkanes of at least 4 members (excludes halogenated alkanes) is 1. The number of halogens is 2. The summed E-state index contributed by atoms with van der Waals surface area (Å²) in [6.07, 6.45) is 9.19. The van der Waals surface area contributed by atoms with E-state index in [1.165, 1.54) is 70.3 Å². The smallest absolute Gasteiger partial charge is 0.395 e. The van der Waals surface area contributed by atoms with E-state index in [4.69, 9.17) is 0 Å². The first kappa shape index (κ1) is 24.2. The lowest BCUT2D eigenvalue weighted by Gasteiger charge is -2.55. The number of nitrogens with one attached hydrogen (secondary N) is 1. The molecular weight excluding hydrogens is 464 g/mol. The molecule has 5 aliphatic rings. The number of carbonyl (C=O) groups excluding carboxylic acids is 1. The summed E-state index contributed by atoms with van der Waals surface area (Å²) in [7, 11) is 0. The number of alkyl halides is 2. The Morgan fingerprint density at radius 1 is 1.11 bits per heavy atom. The Kier molecular flexibility index (Phi) is 6.67. The maximum atomic E-state index is 13.2. The average Bonchev–Trinajstić information content (AvgIpc) is 3.17. The molecule has 36 heavy (non-hydrogen) atoms. The van der Waals surface area contributed by atoms with E-state index in [2.05, 4.69) is 30.7 Å². The first-order chi connectivity index (χ1) is 17.4. The van der Waals surface area contributed by atoms with Crippen molar-refractivity contribution >= 4 is 5.91 Å². The van der Waals surface area contributed by atoms with E-state index in [-0.39, 0.29) is 23.8 Å². The Balaban J connectivity index is 0.960. The summed E-state index contributed by atoms with van der Waals surface area (Å²) in [5.41, 5.74) is 2.33. The Morgan fingerprint density at radius 2 is 2.00 bits per heavy atom. The van der Waals surface area contributed by atoms with Crippen molar-refractivity contribution in [3.63, 3.8) is 0 Å². The van der Waals surface area contributed by atoms with Crippen molar-refractivity contribution in [3.8, 4) is 11.5 Å². The molecule has 8 heteroatoms. The molecule has 3 saturated heterocycles. The number of carbonyl (C=O) groups is 1. The first-order valence-corrected chi connectivity index (χ1v) is 13.8. The molecule has 1 aromatic rings. The second-order valence-electron chi connectivity index (χ2n) is 11.2. The summed E-state index contributed by atoms with van der Waals surface area (Å²) >= 11 is 0. The molecule has 2 bridgehead atoms. The maximum Gasteiger partial charge on any atom is 0.586 e. The lowest BCUT2D eigenvalue weighted by Crippen LogP contribution is -2.59. The van der Waals surface area contributed by atoms with Crippen LogP contribution in [0.25, 0.3) is 0 Å². The largest absolute Gasteiger partial charge is 0.586 e. The van der Waals surface area contributed by atoms with Crippen LogP contribution in [0.2, 0.25) is 0 Å². The normalized spacial score (nSPS) is 30.8. The van der Waals surface area contributed by atoms with Gasteiger partial charge in [0.1, 0.15) is 0 Å². The fraction of sp³-hybridized carbons (Fsp3) is 0.679. The van der Waals surface area contributed by atoms with Crippen molar-refractivity contribution in [2.24, 2.45) is 11.8 Å². The minimum atomic E-state index is -3.64. The highest BCUT2D eigenvalue weighted by Crippen LogP contribution is 2.45. The summed E-state index contributed by atoms with van der Waals surface area (Å²) in [5, 5.41) is 2.98. The molecule has 1 N–H and O–H groups in total. The Morgan fingerprint density at radius 3 is 2.92 bits per heavy atom. The van der Waals surface area contributed by atoms with Crippen LogP contribution in [0.5, 0.6) is 11.5 Å².